The molecule has 3 aromatic rings. The third-order valence-electron chi connectivity index (χ3n) is 4.96. The molecule has 8 heteroatoms. The maximum absolute atomic E-state index is 14.4. The first-order valence-electron chi connectivity index (χ1n) is 9.49. The van der Waals surface area contributed by atoms with E-state index in [0.717, 1.165) is 10.8 Å². The Hall–Kier alpha value is -3.36. The summed E-state index contributed by atoms with van der Waals surface area (Å²) >= 11 is 0. The number of alkyl halides is 2. The zero-order chi connectivity index (χ0) is 22.0. The number of fused-ring (bicyclic) bond motifs is 1. The number of hydrogen-bond donors (Lipinski definition) is 1. The van der Waals surface area contributed by atoms with Crippen LogP contribution in [0.5, 0.6) is 0 Å². The molecule has 6 nitrogen and oxygen atoms in total. The summed E-state index contributed by atoms with van der Waals surface area (Å²) in [4.78, 5) is 24.6. The topological polar surface area (TPSA) is 82.1 Å². The number of rotatable bonds is 5. The molecule has 1 fully saturated rings. The fourth-order valence-electron chi connectivity index (χ4n) is 3.31. The van der Waals surface area contributed by atoms with Crippen LogP contribution < -0.4 is 0 Å². The van der Waals surface area contributed by atoms with E-state index in [9.17, 15) is 23.5 Å². The fraction of sp³-hybridized carbons (Fsp3) is 0.217. The molecule has 1 unspecified atom stereocenters. The first kappa shape index (κ1) is 20.9. The van der Waals surface area contributed by atoms with Crippen LogP contribution in [0.4, 0.5) is 8.78 Å². The third kappa shape index (κ3) is 4.26. The molecular weight excluding hydrogens is 410 g/mol. The van der Waals surface area contributed by atoms with Gasteiger partial charge in [0.05, 0.1) is 11.1 Å². The Morgan fingerprint density at radius 1 is 0.903 bits per heavy atom. The van der Waals surface area contributed by atoms with E-state index in [0.29, 0.717) is 0 Å². The van der Waals surface area contributed by atoms with Gasteiger partial charge < -0.3 is 19.3 Å². The van der Waals surface area contributed by atoms with Gasteiger partial charge in [0.25, 0.3) is 0 Å². The predicted octanol–water partition coefficient (Wildman–Crippen LogP) is 3.57. The highest BCUT2D eigenvalue weighted by Gasteiger charge is 2.61. The summed E-state index contributed by atoms with van der Waals surface area (Å²) < 4.78 is 43.6. The van der Waals surface area contributed by atoms with Crippen LogP contribution in [0, 0.1) is 0 Å². The fourth-order valence-corrected chi connectivity index (χ4v) is 3.31. The average molecular weight is 428 g/mol. The summed E-state index contributed by atoms with van der Waals surface area (Å²) in [5.41, 5.74) is 0.286. The van der Waals surface area contributed by atoms with E-state index in [2.05, 4.69) is 0 Å². The smallest absolute Gasteiger partial charge is 0.338 e. The number of hydrogen-bond acceptors (Lipinski definition) is 6. The number of aliphatic hydroxyl groups is 1. The van der Waals surface area contributed by atoms with E-state index in [1.165, 1.54) is 12.1 Å². The molecule has 160 valence electrons. The van der Waals surface area contributed by atoms with Gasteiger partial charge in [-0.1, -0.05) is 48.5 Å². The van der Waals surface area contributed by atoms with Crippen molar-refractivity contribution in [3.8, 4) is 0 Å². The highest BCUT2D eigenvalue weighted by atomic mass is 19.3. The summed E-state index contributed by atoms with van der Waals surface area (Å²) in [7, 11) is 0. The molecule has 3 aromatic carbocycles. The Labute approximate surface area is 176 Å². The second-order valence-corrected chi connectivity index (χ2v) is 7.05. The van der Waals surface area contributed by atoms with Crippen LogP contribution in [0.1, 0.15) is 20.7 Å². The number of esters is 2. The van der Waals surface area contributed by atoms with Crippen molar-refractivity contribution < 1.29 is 37.7 Å². The van der Waals surface area contributed by atoms with Gasteiger partial charge in [0.2, 0.25) is 6.29 Å². The van der Waals surface area contributed by atoms with Gasteiger partial charge in [-0.2, -0.15) is 8.78 Å². The lowest BCUT2D eigenvalue weighted by Gasteiger charge is -2.22. The SMILES string of the molecule is O=C(OC[C@H]1OC(O)C(F)(F)[C@@H]1OC(=O)c1ccccc1)c1ccc2ccccc2c1. The molecule has 3 atom stereocenters. The van der Waals surface area contributed by atoms with Gasteiger partial charge in [-0.15, -0.1) is 0 Å². The van der Waals surface area contributed by atoms with E-state index >= 15 is 0 Å². The summed E-state index contributed by atoms with van der Waals surface area (Å²) in [6, 6.07) is 19.9. The molecule has 0 spiro atoms. The zero-order valence-electron chi connectivity index (χ0n) is 16.1. The molecule has 0 bridgehead atoms. The lowest BCUT2D eigenvalue weighted by atomic mass is 10.1. The van der Waals surface area contributed by atoms with E-state index in [4.69, 9.17) is 14.2 Å². The van der Waals surface area contributed by atoms with Crippen LogP contribution in [-0.4, -0.2) is 48.1 Å². The minimum absolute atomic E-state index is 0.0617. The van der Waals surface area contributed by atoms with Crippen molar-refractivity contribution in [3.63, 3.8) is 0 Å². The molecule has 0 radical (unpaired) electrons. The molecule has 1 N–H and O–H groups in total. The van der Waals surface area contributed by atoms with E-state index in [1.807, 2.05) is 24.3 Å². The van der Waals surface area contributed by atoms with Crippen molar-refractivity contribution in [2.24, 2.45) is 0 Å². The monoisotopic (exact) mass is 428 g/mol. The van der Waals surface area contributed by atoms with E-state index in [-0.39, 0.29) is 11.1 Å². The van der Waals surface area contributed by atoms with Gasteiger partial charge in [-0.05, 0) is 35.0 Å². The van der Waals surface area contributed by atoms with Crippen LogP contribution in [0.25, 0.3) is 10.8 Å². The second kappa shape index (κ2) is 8.41. The summed E-state index contributed by atoms with van der Waals surface area (Å²) in [5.74, 6) is -5.63. The van der Waals surface area contributed by atoms with Crippen LogP contribution >= 0.6 is 0 Å². The molecule has 31 heavy (non-hydrogen) atoms. The molecule has 0 aromatic heterocycles. The van der Waals surface area contributed by atoms with Crippen molar-refractivity contribution in [2.45, 2.75) is 24.4 Å². The van der Waals surface area contributed by atoms with Gasteiger partial charge in [0.15, 0.2) is 6.10 Å². The highest BCUT2D eigenvalue weighted by molar-refractivity contribution is 5.95. The van der Waals surface area contributed by atoms with Crippen molar-refractivity contribution in [1.82, 2.24) is 0 Å². The minimum Gasteiger partial charge on any atom is -0.459 e. The first-order valence-corrected chi connectivity index (χ1v) is 9.49. The van der Waals surface area contributed by atoms with Gasteiger partial charge in [-0.3, -0.25) is 0 Å². The van der Waals surface area contributed by atoms with E-state index in [1.54, 1.807) is 36.4 Å². The zero-order valence-corrected chi connectivity index (χ0v) is 16.1. The van der Waals surface area contributed by atoms with Crippen LogP contribution in [0.15, 0.2) is 72.8 Å². The maximum Gasteiger partial charge on any atom is 0.338 e. The van der Waals surface area contributed by atoms with Crippen molar-refractivity contribution in [1.29, 1.82) is 0 Å². The maximum atomic E-state index is 14.4. The number of carbonyl (C=O) groups excluding carboxylic acids is 2. The number of ether oxygens (including phenoxy) is 3. The standard InChI is InChI=1S/C23H18F2O6/c24-23(25)19(31-21(27)15-7-2-1-3-8-15)18(30-22(23)28)13-29-20(26)17-11-10-14-6-4-5-9-16(14)12-17/h1-12,18-19,22,28H,13H2/t18-,19-,22?/m1/s1. The van der Waals surface area contributed by atoms with Gasteiger partial charge >= 0.3 is 17.9 Å². The van der Waals surface area contributed by atoms with Crippen LogP contribution in [-0.2, 0) is 14.2 Å². The van der Waals surface area contributed by atoms with Crippen LogP contribution in [0.3, 0.4) is 0 Å². The first-order chi connectivity index (χ1) is 14.9. The molecule has 1 aliphatic heterocycles. The van der Waals surface area contributed by atoms with Crippen LogP contribution in [0.2, 0.25) is 0 Å². The third-order valence-corrected chi connectivity index (χ3v) is 4.96. The average Bonchev–Trinajstić information content (AvgIpc) is 3.00. The number of aliphatic hydroxyl groups excluding tert-OH is 1. The van der Waals surface area contributed by atoms with Crippen molar-refractivity contribution in [3.05, 3.63) is 83.9 Å². The molecule has 1 aliphatic rings. The molecule has 0 saturated carbocycles. The molecule has 0 aliphatic carbocycles. The molecule has 1 heterocycles. The Balaban J connectivity index is 1.46. The van der Waals surface area contributed by atoms with E-state index < -0.39 is 43.0 Å². The quantitative estimate of drug-likeness (QED) is 0.626. The van der Waals surface area contributed by atoms with Gasteiger partial charge in [-0.25, -0.2) is 9.59 Å². The number of benzene rings is 3. The normalized spacial score (nSPS) is 22.2. The summed E-state index contributed by atoms with van der Waals surface area (Å²) in [6.07, 6.45) is -6.16. The largest absolute Gasteiger partial charge is 0.459 e. The number of carbonyl (C=O) groups is 2. The van der Waals surface area contributed by atoms with Gasteiger partial charge in [0.1, 0.15) is 12.7 Å². The second-order valence-electron chi connectivity index (χ2n) is 7.05. The molecule has 0 amide bonds. The Morgan fingerprint density at radius 3 is 2.32 bits per heavy atom. The Bertz CT molecular complexity index is 1100. The Morgan fingerprint density at radius 2 is 1.58 bits per heavy atom. The highest BCUT2D eigenvalue weighted by Crippen LogP contribution is 2.37. The molecular formula is C23H18F2O6. The lowest BCUT2D eigenvalue weighted by Crippen LogP contribution is -2.44. The minimum atomic E-state index is -3.87. The number of halogens is 2. The predicted molar refractivity (Wildman–Crippen MR) is 106 cm³/mol. The van der Waals surface area contributed by atoms with Crippen molar-refractivity contribution in [2.75, 3.05) is 6.61 Å². The Kier molecular flexibility index (Phi) is 5.67. The van der Waals surface area contributed by atoms with Crippen molar-refractivity contribution >= 4 is 22.7 Å². The molecule has 4 rings (SSSR count). The van der Waals surface area contributed by atoms with Gasteiger partial charge in [0, 0.05) is 0 Å². The summed E-state index contributed by atoms with van der Waals surface area (Å²) in [6.45, 7) is -0.634. The lowest BCUT2D eigenvalue weighted by molar-refractivity contribution is -0.199. The summed E-state index contributed by atoms with van der Waals surface area (Å²) in [5, 5.41) is 11.3. The molecule has 1 saturated heterocycles.